The van der Waals surface area contributed by atoms with Crippen LogP contribution < -0.4 is 10.1 Å². The summed E-state index contributed by atoms with van der Waals surface area (Å²) in [5.74, 6) is 2.26. The summed E-state index contributed by atoms with van der Waals surface area (Å²) in [7, 11) is 1.74. The van der Waals surface area contributed by atoms with E-state index in [1.807, 2.05) is 12.1 Å². The zero-order chi connectivity index (χ0) is 12.7. The maximum atomic E-state index is 5.39. The molecule has 1 atom stereocenters. The highest BCUT2D eigenvalue weighted by molar-refractivity contribution is 5.35. The number of hydrogen-bond donors (Lipinski definition) is 1. The summed E-state index contributed by atoms with van der Waals surface area (Å²) >= 11 is 0. The number of para-hydroxylation sites is 1. The summed E-state index contributed by atoms with van der Waals surface area (Å²) in [6, 6.07) is 8.29. The topological polar surface area (TPSA) is 21.3 Å². The van der Waals surface area contributed by atoms with Gasteiger partial charge in [-0.3, -0.25) is 0 Å². The van der Waals surface area contributed by atoms with Crippen molar-refractivity contribution in [3.8, 4) is 5.75 Å². The van der Waals surface area contributed by atoms with Crippen LogP contribution >= 0.6 is 0 Å². The zero-order valence-electron chi connectivity index (χ0n) is 11.5. The monoisotopic (exact) mass is 235 g/mol. The van der Waals surface area contributed by atoms with E-state index in [4.69, 9.17) is 4.74 Å². The predicted molar refractivity (Wildman–Crippen MR) is 73.7 cm³/mol. The van der Waals surface area contributed by atoms with Gasteiger partial charge in [-0.15, -0.1) is 0 Å². The Labute approximate surface area is 105 Å². The first kappa shape index (κ1) is 14.0. The van der Waals surface area contributed by atoms with Crippen molar-refractivity contribution in [1.82, 2.24) is 5.32 Å². The van der Waals surface area contributed by atoms with E-state index in [0.29, 0.717) is 5.92 Å². The second-order valence-electron chi connectivity index (χ2n) is 5.03. The number of ether oxygens (including phenoxy) is 1. The largest absolute Gasteiger partial charge is 0.496 e. The van der Waals surface area contributed by atoms with Crippen molar-refractivity contribution in [1.29, 1.82) is 0 Å². The fraction of sp³-hybridized carbons (Fsp3) is 0.600. The molecule has 0 aliphatic heterocycles. The first-order chi connectivity index (χ1) is 8.15. The van der Waals surface area contributed by atoms with Gasteiger partial charge in [-0.1, -0.05) is 39.0 Å². The van der Waals surface area contributed by atoms with Gasteiger partial charge in [0.1, 0.15) is 5.75 Å². The summed E-state index contributed by atoms with van der Waals surface area (Å²) in [4.78, 5) is 0. The number of nitrogens with one attached hydrogen (secondary N) is 1. The van der Waals surface area contributed by atoms with Crippen LogP contribution in [0.4, 0.5) is 0 Å². The Morgan fingerprint density at radius 2 is 1.88 bits per heavy atom. The van der Waals surface area contributed by atoms with Crippen LogP contribution in [-0.2, 0) is 0 Å². The Morgan fingerprint density at radius 3 is 2.53 bits per heavy atom. The smallest absolute Gasteiger partial charge is 0.122 e. The van der Waals surface area contributed by atoms with Crippen molar-refractivity contribution in [2.24, 2.45) is 5.92 Å². The molecule has 2 nitrogen and oxygen atoms in total. The van der Waals surface area contributed by atoms with Gasteiger partial charge in [-0.25, -0.2) is 0 Å². The van der Waals surface area contributed by atoms with E-state index in [0.717, 1.165) is 31.2 Å². The van der Waals surface area contributed by atoms with Crippen molar-refractivity contribution in [2.45, 2.75) is 33.1 Å². The molecule has 17 heavy (non-hydrogen) atoms. The van der Waals surface area contributed by atoms with E-state index in [-0.39, 0.29) is 0 Å². The van der Waals surface area contributed by atoms with Gasteiger partial charge in [-0.2, -0.15) is 0 Å². The SMILES string of the molecule is COc1ccccc1C(C)CCNCC(C)C. The van der Waals surface area contributed by atoms with E-state index >= 15 is 0 Å². The molecule has 1 N–H and O–H groups in total. The third kappa shape index (κ3) is 4.78. The quantitative estimate of drug-likeness (QED) is 0.731. The van der Waals surface area contributed by atoms with Gasteiger partial charge in [0.15, 0.2) is 0 Å². The van der Waals surface area contributed by atoms with Crippen LogP contribution in [0.3, 0.4) is 0 Å². The number of rotatable bonds is 7. The minimum absolute atomic E-state index is 0.533. The number of hydrogen-bond acceptors (Lipinski definition) is 2. The maximum Gasteiger partial charge on any atom is 0.122 e. The second kappa shape index (κ2) is 7.33. The minimum atomic E-state index is 0.533. The van der Waals surface area contributed by atoms with Crippen LogP contribution in [0.15, 0.2) is 24.3 Å². The molecule has 0 amide bonds. The van der Waals surface area contributed by atoms with Crippen LogP contribution in [0.5, 0.6) is 5.75 Å². The molecule has 0 bridgehead atoms. The molecule has 0 aliphatic rings. The molecule has 0 fully saturated rings. The molecule has 1 unspecified atom stereocenters. The molecule has 0 spiro atoms. The van der Waals surface area contributed by atoms with E-state index < -0.39 is 0 Å². The first-order valence-corrected chi connectivity index (χ1v) is 6.48. The van der Waals surface area contributed by atoms with Crippen molar-refractivity contribution in [3.63, 3.8) is 0 Å². The van der Waals surface area contributed by atoms with E-state index in [1.54, 1.807) is 7.11 Å². The van der Waals surface area contributed by atoms with Gasteiger partial charge < -0.3 is 10.1 Å². The van der Waals surface area contributed by atoms with E-state index in [1.165, 1.54) is 5.56 Å². The van der Waals surface area contributed by atoms with Crippen molar-refractivity contribution in [3.05, 3.63) is 29.8 Å². The Hall–Kier alpha value is -1.02. The lowest BCUT2D eigenvalue weighted by Crippen LogP contribution is -2.21. The van der Waals surface area contributed by atoms with Gasteiger partial charge in [0.25, 0.3) is 0 Å². The lowest BCUT2D eigenvalue weighted by molar-refractivity contribution is 0.404. The minimum Gasteiger partial charge on any atom is -0.496 e. The second-order valence-corrected chi connectivity index (χ2v) is 5.03. The van der Waals surface area contributed by atoms with Crippen LogP contribution in [0, 0.1) is 5.92 Å². The van der Waals surface area contributed by atoms with E-state index in [2.05, 4.69) is 38.2 Å². The molecule has 0 aromatic heterocycles. The average molecular weight is 235 g/mol. The summed E-state index contributed by atoms with van der Waals surface area (Å²) in [6.07, 6.45) is 1.15. The maximum absolute atomic E-state index is 5.39. The third-order valence-electron chi connectivity index (χ3n) is 2.98. The van der Waals surface area contributed by atoms with Gasteiger partial charge in [0.05, 0.1) is 7.11 Å². The van der Waals surface area contributed by atoms with Crippen LogP contribution in [0.2, 0.25) is 0 Å². The summed E-state index contributed by atoms with van der Waals surface area (Å²) in [6.45, 7) is 8.89. The zero-order valence-corrected chi connectivity index (χ0v) is 11.5. The molecule has 1 aromatic rings. The highest BCUT2D eigenvalue weighted by atomic mass is 16.5. The molecule has 2 heteroatoms. The lowest BCUT2D eigenvalue weighted by atomic mass is 9.97. The number of methoxy groups -OCH3 is 1. The average Bonchev–Trinajstić information content (AvgIpc) is 2.34. The lowest BCUT2D eigenvalue weighted by Gasteiger charge is -2.16. The molecule has 1 rings (SSSR count). The van der Waals surface area contributed by atoms with Gasteiger partial charge >= 0.3 is 0 Å². The Balaban J connectivity index is 2.43. The van der Waals surface area contributed by atoms with Crippen molar-refractivity contribution >= 4 is 0 Å². The predicted octanol–water partition coefficient (Wildman–Crippen LogP) is 3.43. The van der Waals surface area contributed by atoms with Crippen molar-refractivity contribution in [2.75, 3.05) is 20.2 Å². The molecule has 0 saturated heterocycles. The molecular formula is C15H25NO. The van der Waals surface area contributed by atoms with Gasteiger partial charge in [-0.05, 0) is 43.0 Å². The highest BCUT2D eigenvalue weighted by Crippen LogP contribution is 2.27. The fourth-order valence-electron chi connectivity index (χ4n) is 1.94. The normalized spacial score (nSPS) is 12.8. The molecule has 0 heterocycles. The standard InChI is InChI=1S/C15H25NO/c1-12(2)11-16-10-9-13(3)14-7-5-6-8-15(14)17-4/h5-8,12-13,16H,9-11H2,1-4H3. The molecular weight excluding hydrogens is 210 g/mol. The van der Waals surface area contributed by atoms with E-state index in [9.17, 15) is 0 Å². The molecule has 0 radical (unpaired) electrons. The van der Waals surface area contributed by atoms with Crippen molar-refractivity contribution < 1.29 is 4.74 Å². The Bertz CT molecular complexity index is 322. The van der Waals surface area contributed by atoms with Crippen LogP contribution in [-0.4, -0.2) is 20.2 Å². The summed E-state index contributed by atoms with van der Waals surface area (Å²) < 4.78 is 5.39. The molecule has 1 aromatic carbocycles. The third-order valence-corrected chi connectivity index (χ3v) is 2.98. The summed E-state index contributed by atoms with van der Waals surface area (Å²) in [5.41, 5.74) is 1.31. The fourth-order valence-corrected chi connectivity index (χ4v) is 1.94. The molecule has 0 saturated carbocycles. The summed E-state index contributed by atoms with van der Waals surface area (Å²) in [5, 5.41) is 3.48. The highest BCUT2D eigenvalue weighted by Gasteiger charge is 2.10. The van der Waals surface area contributed by atoms with Crippen LogP contribution in [0.1, 0.15) is 38.7 Å². The Kier molecular flexibility index (Phi) is 6.06. The Morgan fingerprint density at radius 1 is 1.18 bits per heavy atom. The van der Waals surface area contributed by atoms with Gasteiger partial charge in [0.2, 0.25) is 0 Å². The molecule has 96 valence electrons. The first-order valence-electron chi connectivity index (χ1n) is 6.48. The van der Waals surface area contributed by atoms with Crippen LogP contribution in [0.25, 0.3) is 0 Å². The molecule has 0 aliphatic carbocycles. The number of benzene rings is 1. The van der Waals surface area contributed by atoms with Gasteiger partial charge in [0, 0.05) is 0 Å².